The molecular weight excluding hydrogens is 300 g/mol. The van der Waals surface area contributed by atoms with Crippen LogP contribution in [0.5, 0.6) is 0 Å². The van der Waals surface area contributed by atoms with Crippen molar-refractivity contribution in [3.8, 4) is 0 Å². The van der Waals surface area contributed by atoms with Gasteiger partial charge in [-0.15, -0.1) is 0 Å². The number of pyridine rings is 1. The zero-order valence-electron chi connectivity index (χ0n) is 13.8. The summed E-state index contributed by atoms with van der Waals surface area (Å²) in [6.45, 7) is 4.36. The van der Waals surface area contributed by atoms with Gasteiger partial charge < -0.3 is 10.1 Å². The molecule has 5 nitrogen and oxygen atoms in total. The summed E-state index contributed by atoms with van der Waals surface area (Å²) >= 11 is 0. The predicted molar refractivity (Wildman–Crippen MR) is 93.5 cm³/mol. The summed E-state index contributed by atoms with van der Waals surface area (Å²) in [7, 11) is 0. The summed E-state index contributed by atoms with van der Waals surface area (Å²) in [6, 6.07) is 10.3. The second-order valence-electron chi connectivity index (χ2n) is 6.73. The molecule has 4 rings (SSSR count). The molecule has 0 aliphatic carbocycles. The van der Waals surface area contributed by atoms with Gasteiger partial charge in [0.1, 0.15) is 5.82 Å². The molecule has 0 unspecified atom stereocenters. The van der Waals surface area contributed by atoms with E-state index in [-0.39, 0.29) is 12.0 Å². The number of aliphatic hydroxyl groups excluding tert-OH is 1. The molecule has 3 aromatic rings. The number of hydrogen-bond acceptors (Lipinski definition) is 4. The van der Waals surface area contributed by atoms with E-state index in [4.69, 9.17) is 0 Å². The van der Waals surface area contributed by atoms with Gasteiger partial charge in [0.25, 0.3) is 0 Å². The normalized spacial score (nSPS) is 21.6. The summed E-state index contributed by atoms with van der Waals surface area (Å²) in [4.78, 5) is 14.3. The number of aromatic nitrogens is 3. The van der Waals surface area contributed by atoms with Gasteiger partial charge in [0.15, 0.2) is 0 Å². The van der Waals surface area contributed by atoms with Crippen LogP contribution >= 0.6 is 0 Å². The van der Waals surface area contributed by atoms with Crippen molar-refractivity contribution in [2.75, 3.05) is 13.1 Å². The molecular formula is C19H22N4O. The highest BCUT2D eigenvalue weighted by Crippen LogP contribution is 2.26. The lowest BCUT2D eigenvalue weighted by Crippen LogP contribution is -2.22. The summed E-state index contributed by atoms with van der Waals surface area (Å²) in [5, 5.41) is 11.7. The number of imidazole rings is 1. The van der Waals surface area contributed by atoms with Crippen molar-refractivity contribution in [1.29, 1.82) is 0 Å². The lowest BCUT2D eigenvalue weighted by atomic mass is 9.94. The van der Waals surface area contributed by atoms with E-state index in [0.29, 0.717) is 6.54 Å². The Kier molecular flexibility index (Phi) is 4.04. The molecule has 0 radical (unpaired) electrons. The summed E-state index contributed by atoms with van der Waals surface area (Å²) in [5.41, 5.74) is 3.36. The maximum Gasteiger partial charge on any atom is 0.120 e. The number of likely N-dealkylation sites (tertiary alicyclic amines) is 1. The van der Waals surface area contributed by atoms with Gasteiger partial charge in [-0.25, -0.2) is 4.98 Å². The third kappa shape index (κ3) is 3.05. The minimum absolute atomic E-state index is 0.242. The number of aromatic amines is 1. The van der Waals surface area contributed by atoms with Crippen molar-refractivity contribution in [3.05, 3.63) is 59.8 Å². The highest BCUT2D eigenvalue weighted by molar-refractivity contribution is 5.81. The first-order valence-electron chi connectivity index (χ1n) is 8.42. The Bertz CT molecular complexity index is 839. The van der Waals surface area contributed by atoms with Crippen LogP contribution < -0.4 is 0 Å². The highest BCUT2D eigenvalue weighted by Gasteiger charge is 2.31. The lowest BCUT2D eigenvalue weighted by molar-refractivity contribution is 0.141. The number of H-pyrrole nitrogens is 1. The molecule has 0 bridgehead atoms. The number of rotatable bonds is 4. The van der Waals surface area contributed by atoms with Gasteiger partial charge in [0.2, 0.25) is 0 Å². The first-order valence-corrected chi connectivity index (χ1v) is 8.42. The fraction of sp³-hybridized carbons (Fsp3) is 0.368. The van der Waals surface area contributed by atoms with E-state index in [9.17, 15) is 5.11 Å². The number of benzene rings is 1. The largest absolute Gasteiger partial charge is 0.391 e. The summed E-state index contributed by atoms with van der Waals surface area (Å²) in [5.74, 6) is 1.21. The molecule has 3 heterocycles. The fourth-order valence-electron chi connectivity index (χ4n) is 3.65. The van der Waals surface area contributed by atoms with Crippen LogP contribution in [-0.2, 0) is 13.0 Å². The molecule has 0 saturated carbocycles. The Morgan fingerprint density at radius 3 is 2.92 bits per heavy atom. The second-order valence-corrected chi connectivity index (χ2v) is 6.73. The third-order valence-electron chi connectivity index (χ3n) is 4.83. The van der Waals surface area contributed by atoms with Crippen molar-refractivity contribution in [2.45, 2.75) is 26.0 Å². The molecule has 2 atom stereocenters. The van der Waals surface area contributed by atoms with Crippen molar-refractivity contribution in [1.82, 2.24) is 19.9 Å². The van der Waals surface area contributed by atoms with Crippen molar-refractivity contribution >= 4 is 10.9 Å². The number of hydrogen-bond donors (Lipinski definition) is 2. The molecule has 5 heteroatoms. The molecule has 2 N–H and O–H groups in total. The Hall–Kier alpha value is -2.24. The van der Waals surface area contributed by atoms with Gasteiger partial charge in [-0.2, -0.15) is 0 Å². The molecule has 1 aliphatic rings. The molecule has 0 spiro atoms. The maximum absolute atomic E-state index is 10.5. The smallest absolute Gasteiger partial charge is 0.120 e. The van der Waals surface area contributed by atoms with Crippen LogP contribution in [0.15, 0.2) is 42.7 Å². The van der Waals surface area contributed by atoms with E-state index in [2.05, 4.69) is 32.0 Å². The first-order chi connectivity index (χ1) is 11.7. The minimum atomic E-state index is -0.298. The van der Waals surface area contributed by atoms with Crippen LogP contribution in [0.25, 0.3) is 10.9 Å². The van der Waals surface area contributed by atoms with E-state index in [1.54, 1.807) is 0 Å². The maximum atomic E-state index is 10.5. The van der Waals surface area contributed by atoms with Crippen LogP contribution in [0.2, 0.25) is 0 Å². The van der Waals surface area contributed by atoms with Crippen molar-refractivity contribution in [3.63, 3.8) is 0 Å². The van der Waals surface area contributed by atoms with E-state index in [1.165, 1.54) is 10.9 Å². The monoisotopic (exact) mass is 322 g/mol. The van der Waals surface area contributed by atoms with Crippen molar-refractivity contribution in [2.24, 2.45) is 5.92 Å². The van der Waals surface area contributed by atoms with Crippen LogP contribution in [0.4, 0.5) is 0 Å². The Labute approximate surface area is 141 Å². The number of fused-ring (bicyclic) bond motifs is 1. The summed E-state index contributed by atoms with van der Waals surface area (Å²) < 4.78 is 0. The minimum Gasteiger partial charge on any atom is -0.391 e. The van der Waals surface area contributed by atoms with E-state index in [1.807, 2.05) is 37.5 Å². The fourth-order valence-corrected chi connectivity index (χ4v) is 3.65. The zero-order chi connectivity index (χ0) is 16.5. The standard InChI is InChI=1S/C19H22N4O/c1-13-9-21-19(22-13)12-23-10-15(18(24)11-23)8-14-6-7-20-17-5-3-2-4-16(14)17/h2-7,9,15,18,24H,8,10-12H2,1H3,(H,21,22)/t15-,18+/m1/s1. The topological polar surface area (TPSA) is 65.0 Å². The average molecular weight is 322 g/mol. The Balaban J connectivity index is 1.48. The van der Waals surface area contributed by atoms with Gasteiger partial charge in [-0.1, -0.05) is 18.2 Å². The molecule has 2 aromatic heterocycles. The molecule has 24 heavy (non-hydrogen) atoms. The summed E-state index contributed by atoms with van der Waals surface area (Å²) in [6.07, 6.45) is 4.29. The van der Waals surface area contributed by atoms with Crippen LogP contribution in [0.3, 0.4) is 0 Å². The van der Waals surface area contributed by atoms with E-state index >= 15 is 0 Å². The van der Waals surface area contributed by atoms with Gasteiger partial charge >= 0.3 is 0 Å². The molecule has 124 valence electrons. The number of aryl methyl sites for hydroxylation is 1. The second kappa shape index (κ2) is 6.34. The molecule has 1 fully saturated rings. The van der Waals surface area contributed by atoms with E-state index < -0.39 is 0 Å². The Morgan fingerprint density at radius 1 is 1.21 bits per heavy atom. The number of aliphatic hydroxyl groups is 1. The first kappa shape index (κ1) is 15.3. The van der Waals surface area contributed by atoms with Gasteiger partial charge in [-0.05, 0) is 31.0 Å². The lowest BCUT2D eigenvalue weighted by Gasteiger charge is -2.15. The molecule has 0 amide bonds. The van der Waals surface area contributed by atoms with Crippen LogP contribution in [0.1, 0.15) is 17.1 Å². The highest BCUT2D eigenvalue weighted by atomic mass is 16.3. The van der Waals surface area contributed by atoms with Gasteiger partial charge in [0, 0.05) is 42.5 Å². The number of nitrogens with zero attached hydrogens (tertiary/aromatic N) is 3. The van der Waals surface area contributed by atoms with Crippen LogP contribution in [-0.4, -0.2) is 44.2 Å². The molecule has 1 saturated heterocycles. The van der Waals surface area contributed by atoms with Crippen LogP contribution in [0, 0.1) is 12.8 Å². The third-order valence-corrected chi connectivity index (χ3v) is 4.83. The van der Waals surface area contributed by atoms with Gasteiger partial charge in [0.05, 0.1) is 18.2 Å². The predicted octanol–water partition coefficient (Wildman–Crippen LogP) is 2.30. The number of para-hydroxylation sites is 1. The quantitative estimate of drug-likeness (QED) is 0.773. The average Bonchev–Trinajstić information content (AvgIpc) is 3.14. The Morgan fingerprint density at radius 2 is 2.08 bits per heavy atom. The number of β-amino-alcohol motifs (C(OH)–C–C–N with tert-alkyl or cyclic N) is 1. The van der Waals surface area contributed by atoms with Gasteiger partial charge in [-0.3, -0.25) is 9.88 Å². The molecule has 1 aliphatic heterocycles. The number of nitrogens with one attached hydrogen (secondary N) is 1. The SMILES string of the molecule is Cc1cnc(CN2C[C@@H](Cc3ccnc4ccccc34)[C@@H](O)C2)[nH]1. The zero-order valence-corrected chi connectivity index (χ0v) is 13.8. The van der Waals surface area contributed by atoms with E-state index in [0.717, 1.165) is 36.5 Å². The van der Waals surface area contributed by atoms with Crippen molar-refractivity contribution < 1.29 is 5.11 Å². The molecule has 1 aromatic carbocycles.